The average molecular weight is 481 g/mol. The number of nitrogens with zero attached hydrogens (tertiary/aromatic N) is 3. The van der Waals surface area contributed by atoms with Crippen LogP contribution in [0.1, 0.15) is 27.2 Å². The summed E-state index contributed by atoms with van der Waals surface area (Å²) in [7, 11) is -3.56. The number of nitrogens with two attached hydrogens (primary N) is 1. The second-order valence-corrected chi connectivity index (χ2v) is 10.3. The molecule has 1 saturated heterocycles. The van der Waals surface area contributed by atoms with Crippen LogP contribution in [0.4, 0.5) is 23.5 Å². The zero-order valence-corrected chi connectivity index (χ0v) is 18.0. The largest absolute Gasteiger partial charge is 0.420 e. The van der Waals surface area contributed by atoms with Crippen LogP contribution in [0, 0.1) is 6.92 Å². The Labute approximate surface area is 179 Å². The number of primary amides is 1. The number of halogens is 4. The fourth-order valence-corrected chi connectivity index (χ4v) is 5.08. The van der Waals surface area contributed by atoms with E-state index >= 15 is 0 Å². The van der Waals surface area contributed by atoms with Crippen molar-refractivity contribution in [2.45, 2.75) is 31.7 Å². The van der Waals surface area contributed by atoms with E-state index in [1.165, 1.54) is 6.07 Å². The highest BCUT2D eigenvalue weighted by atomic mass is 32.2. The molecule has 8 nitrogen and oxygen atoms in total. The molecule has 170 valence electrons. The lowest BCUT2D eigenvalue weighted by molar-refractivity contribution is -0.137. The molecule has 1 aliphatic heterocycles. The van der Waals surface area contributed by atoms with Gasteiger partial charge in [-0.25, -0.2) is 22.8 Å². The van der Waals surface area contributed by atoms with Crippen LogP contribution in [0.3, 0.4) is 0 Å². The van der Waals surface area contributed by atoms with Crippen LogP contribution in [0.2, 0.25) is 0 Å². The van der Waals surface area contributed by atoms with E-state index in [1.807, 2.05) is 0 Å². The zero-order chi connectivity index (χ0) is 23.1. The van der Waals surface area contributed by atoms with Crippen LogP contribution in [-0.4, -0.2) is 60.2 Å². The molecule has 0 aliphatic carbocycles. The Kier molecular flexibility index (Phi) is 6.26. The highest BCUT2D eigenvalue weighted by Gasteiger charge is 2.37. The molecular formula is C17H19F4N5O3S2. The first kappa shape index (κ1) is 23.3. The standard InChI is InChI=1S/C17H19F4N5O3S2/c1-8-9(15(22)27)5-13(30-8)14-10(17(19,20)21)6-23-16(25-14)24-12-3-4-26(7-11(12)18)31(2,28)29/h5-6,11-12H,3-4,7H2,1-2H3,(H2,22,27)(H,23,24,25)/t11-,12-/m1/s1. The maximum absolute atomic E-state index is 14.5. The number of anilines is 1. The fraction of sp³-hybridized carbons (Fsp3) is 0.471. The van der Waals surface area contributed by atoms with E-state index in [1.54, 1.807) is 6.92 Å². The summed E-state index contributed by atoms with van der Waals surface area (Å²) in [6.07, 6.45) is -4.73. The fourth-order valence-electron chi connectivity index (χ4n) is 3.20. The molecule has 31 heavy (non-hydrogen) atoms. The highest BCUT2D eigenvalue weighted by Crippen LogP contribution is 2.39. The molecular weight excluding hydrogens is 462 g/mol. The summed E-state index contributed by atoms with van der Waals surface area (Å²) in [4.78, 5) is 19.6. The van der Waals surface area contributed by atoms with E-state index in [0.717, 1.165) is 21.9 Å². The molecule has 0 radical (unpaired) electrons. The Morgan fingerprint density at radius 1 is 1.39 bits per heavy atom. The molecule has 1 fully saturated rings. The monoisotopic (exact) mass is 481 g/mol. The van der Waals surface area contributed by atoms with E-state index in [-0.39, 0.29) is 35.9 Å². The SMILES string of the molecule is Cc1sc(-c2nc(N[C@@H]3CCN(S(C)(=O)=O)C[C@H]3F)ncc2C(F)(F)F)cc1C(N)=O. The second-order valence-electron chi connectivity index (χ2n) is 7.07. The third kappa shape index (κ3) is 5.13. The first-order valence-corrected chi connectivity index (χ1v) is 11.6. The van der Waals surface area contributed by atoms with Crippen molar-refractivity contribution in [1.82, 2.24) is 14.3 Å². The molecule has 0 spiro atoms. The Bertz CT molecular complexity index is 1100. The molecule has 2 aromatic heterocycles. The summed E-state index contributed by atoms with van der Waals surface area (Å²) >= 11 is 0.918. The number of nitrogens with one attached hydrogen (secondary N) is 1. The van der Waals surface area contributed by atoms with Crippen molar-refractivity contribution in [2.24, 2.45) is 5.73 Å². The van der Waals surface area contributed by atoms with E-state index in [0.29, 0.717) is 11.1 Å². The van der Waals surface area contributed by atoms with Gasteiger partial charge in [0.15, 0.2) is 0 Å². The molecule has 0 saturated carbocycles. The maximum Gasteiger partial charge on any atom is 0.420 e. The molecule has 0 unspecified atom stereocenters. The van der Waals surface area contributed by atoms with Gasteiger partial charge in [0.1, 0.15) is 11.7 Å². The van der Waals surface area contributed by atoms with Crippen molar-refractivity contribution in [3.63, 3.8) is 0 Å². The molecule has 0 aromatic carbocycles. The van der Waals surface area contributed by atoms with Crippen LogP contribution >= 0.6 is 11.3 Å². The first-order chi connectivity index (χ1) is 14.3. The van der Waals surface area contributed by atoms with Gasteiger partial charge in [-0.2, -0.15) is 17.5 Å². The van der Waals surface area contributed by atoms with Crippen molar-refractivity contribution in [3.8, 4) is 10.6 Å². The quantitative estimate of drug-likeness (QED) is 0.634. The number of piperidine rings is 1. The number of carbonyl (C=O) groups excluding carboxylic acids is 1. The molecule has 3 heterocycles. The van der Waals surface area contributed by atoms with Crippen LogP contribution < -0.4 is 11.1 Å². The van der Waals surface area contributed by atoms with Gasteiger partial charge < -0.3 is 11.1 Å². The summed E-state index contributed by atoms with van der Waals surface area (Å²) in [6, 6.07) is 0.348. The number of aryl methyl sites for hydroxylation is 1. The predicted molar refractivity (Wildman–Crippen MR) is 107 cm³/mol. The van der Waals surface area contributed by atoms with Gasteiger partial charge in [0.05, 0.1) is 28.4 Å². The van der Waals surface area contributed by atoms with Gasteiger partial charge in [-0.15, -0.1) is 11.3 Å². The molecule has 1 aliphatic rings. The molecule has 2 aromatic rings. The second kappa shape index (κ2) is 8.31. The number of hydrogen-bond acceptors (Lipinski definition) is 7. The van der Waals surface area contributed by atoms with Crippen LogP contribution in [0.15, 0.2) is 12.3 Å². The molecule has 3 rings (SSSR count). The van der Waals surface area contributed by atoms with Gasteiger partial charge in [0.25, 0.3) is 0 Å². The lowest BCUT2D eigenvalue weighted by Crippen LogP contribution is -2.49. The summed E-state index contributed by atoms with van der Waals surface area (Å²) < 4.78 is 79.2. The van der Waals surface area contributed by atoms with Gasteiger partial charge >= 0.3 is 6.18 Å². The number of thiophene rings is 1. The third-order valence-corrected chi connectivity index (χ3v) is 7.13. The Morgan fingerprint density at radius 3 is 2.58 bits per heavy atom. The molecule has 1 amide bonds. The zero-order valence-electron chi connectivity index (χ0n) is 16.4. The summed E-state index contributed by atoms with van der Waals surface area (Å²) in [6.45, 7) is 1.22. The number of alkyl halides is 4. The average Bonchev–Trinajstić information content (AvgIpc) is 3.03. The van der Waals surface area contributed by atoms with Crippen molar-refractivity contribution >= 4 is 33.2 Å². The van der Waals surface area contributed by atoms with Crippen LogP contribution in [0.25, 0.3) is 10.6 Å². The van der Waals surface area contributed by atoms with Crippen molar-refractivity contribution < 1.29 is 30.8 Å². The third-order valence-electron chi connectivity index (χ3n) is 4.80. The normalized spacial score (nSPS) is 20.6. The van der Waals surface area contributed by atoms with Gasteiger partial charge in [-0.3, -0.25) is 4.79 Å². The van der Waals surface area contributed by atoms with E-state index in [9.17, 15) is 30.8 Å². The minimum absolute atomic E-state index is 0.0521. The van der Waals surface area contributed by atoms with Gasteiger partial charge in [0, 0.05) is 24.2 Å². The Morgan fingerprint density at radius 2 is 2.06 bits per heavy atom. The van der Waals surface area contributed by atoms with E-state index < -0.39 is 45.6 Å². The lowest BCUT2D eigenvalue weighted by atomic mass is 10.1. The van der Waals surface area contributed by atoms with E-state index in [4.69, 9.17) is 5.73 Å². The van der Waals surface area contributed by atoms with Crippen molar-refractivity contribution in [3.05, 3.63) is 28.3 Å². The molecule has 0 bridgehead atoms. The number of carbonyl (C=O) groups is 1. The number of aromatic nitrogens is 2. The topological polar surface area (TPSA) is 118 Å². The Balaban J connectivity index is 1.93. The number of rotatable bonds is 5. The number of sulfonamides is 1. The highest BCUT2D eigenvalue weighted by molar-refractivity contribution is 7.88. The lowest BCUT2D eigenvalue weighted by Gasteiger charge is -2.33. The minimum atomic E-state index is -4.76. The minimum Gasteiger partial charge on any atom is -0.366 e. The summed E-state index contributed by atoms with van der Waals surface area (Å²) in [5.74, 6) is -1.02. The molecule has 3 N–H and O–H groups in total. The number of amides is 1. The van der Waals surface area contributed by atoms with Crippen molar-refractivity contribution in [2.75, 3.05) is 24.7 Å². The maximum atomic E-state index is 14.5. The molecule has 14 heteroatoms. The Hall–Kier alpha value is -2.32. The van der Waals surface area contributed by atoms with Crippen LogP contribution in [0.5, 0.6) is 0 Å². The van der Waals surface area contributed by atoms with Crippen molar-refractivity contribution in [1.29, 1.82) is 0 Å². The number of hydrogen-bond donors (Lipinski definition) is 2. The van der Waals surface area contributed by atoms with Gasteiger partial charge in [-0.1, -0.05) is 0 Å². The summed E-state index contributed by atoms with van der Waals surface area (Å²) in [5, 5.41) is 2.66. The molecule has 2 atom stereocenters. The summed E-state index contributed by atoms with van der Waals surface area (Å²) in [5.41, 5.74) is 3.76. The van der Waals surface area contributed by atoms with Crippen LogP contribution in [-0.2, 0) is 16.2 Å². The predicted octanol–water partition coefficient (Wildman–Crippen LogP) is 2.42. The smallest absolute Gasteiger partial charge is 0.366 e. The van der Waals surface area contributed by atoms with E-state index in [2.05, 4.69) is 15.3 Å². The first-order valence-electron chi connectivity index (χ1n) is 8.98. The van der Waals surface area contributed by atoms with Gasteiger partial charge in [-0.05, 0) is 19.4 Å². The van der Waals surface area contributed by atoms with Gasteiger partial charge in [0.2, 0.25) is 21.9 Å².